The first-order valence-corrected chi connectivity index (χ1v) is 7.23. The third-order valence-electron chi connectivity index (χ3n) is 3.13. The lowest BCUT2D eigenvalue weighted by atomic mass is 10.1. The van der Waals surface area contributed by atoms with E-state index in [0.29, 0.717) is 18.1 Å². The van der Waals surface area contributed by atoms with E-state index in [9.17, 15) is 4.79 Å². The molecule has 0 radical (unpaired) electrons. The Morgan fingerprint density at radius 2 is 1.71 bits per heavy atom. The number of ether oxygens (including phenoxy) is 2. The molecule has 0 aromatic heterocycles. The predicted octanol–water partition coefficient (Wildman–Crippen LogP) is 3.80. The van der Waals surface area contributed by atoms with Crippen LogP contribution >= 0.6 is 0 Å². The molecular formula is C18H20O3. The summed E-state index contributed by atoms with van der Waals surface area (Å²) >= 11 is 0. The second kappa shape index (κ2) is 7.48. The SMILES string of the molecule is CCOc1cc(CC)ccc1OC(=O)Cc1ccccc1. The zero-order chi connectivity index (χ0) is 15.1. The van der Waals surface area contributed by atoms with Gasteiger partial charge in [-0.25, -0.2) is 0 Å². The number of benzene rings is 2. The summed E-state index contributed by atoms with van der Waals surface area (Å²) in [7, 11) is 0. The van der Waals surface area contributed by atoms with E-state index >= 15 is 0 Å². The Kier molecular flexibility index (Phi) is 5.38. The molecule has 0 aliphatic carbocycles. The molecule has 0 amide bonds. The van der Waals surface area contributed by atoms with Crippen molar-refractivity contribution in [1.82, 2.24) is 0 Å². The summed E-state index contributed by atoms with van der Waals surface area (Å²) in [5.74, 6) is 0.819. The van der Waals surface area contributed by atoms with E-state index in [4.69, 9.17) is 9.47 Å². The minimum Gasteiger partial charge on any atom is -0.490 e. The van der Waals surface area contributed by atoms with Gasteiger partial charge in [-0.2, -0.15) is 0 Å². The molecule has 0 fully saturated rings. The van der Waals surface area contributed by atoms with E-state index in [0.717, 1.165) is 17.5 Å². The number of hydrogen-bond acceptors (Lipinski definition) is 3. The van der Waals surface area contributed by atoms with Gasteiger partial charge in [0.25, 0.3) is 0 Å². The molecule has 110 valence electrons. The lowest BCUT2D eigenvalue weighted by molar-refractivity contribution is -0.133. The molecular weight excluding hydrogens is 264 g/mol. The average Bonchev–Trinajstić information content (AvgIpc) is 2.50. The van der Waals surface area contributed by atoms with Crippen molar-refractivity contribution >= 4 is 5.97 Å². The standard InChI is InChI=1S/C18H20O3/c1-3-14-10-11-16(17(12-14)20-4-2)21-18(19)13-15-8-6-5-7-9-15/h5-12H,3-4,13H2,1-2H3. The van der Waals surface area contributed by atoms with Crippen LogP contribution in [0.3, 0.4) is 0 Å². The monoisotopic (exact) mass is 284 g/mol. The summed E-state index contributed by atoms with van der Waals surface area (Å²) in [5, 5.41) is 0. The van der Waals surface area contributed by atoms with Gasteiger partial charge in [-0.1, -0.05) is 43.3 Å². The van der Waals surface area contributed by atoms with Gasteiger partial charge in [0.2, 0.25) is 0 Å². The largest absolute Gasteiger partial charge is 0.490 e. The molecule has 0 aliphatic heterocycles. The fourth-order valence-electron chi connectivity index (χ4n) is 2.05. The van der Waals surface area contributed by atoms with Gasteiger partial charge >= 0.3 is 5.97 Å². The van der Waals surface area contributed by atoms with Gasteiger partial charge in [0.15, 0.2) is 11.5 Å². The van der Waals surface area contributed by atoms with Crippen LogP contribution < -0.4 is 9.47 Å². The van der Waals surface area contributed by atoms with Gasteiger partial charge in [-0.05, 0) is 36.6 Å². The fraction of sp³-hybridized carbons (Fsp3) is 0.278. The smallest absolute Gasteiger partial charge is 0.315 e. The van der Waals surface area contributed by atoms with Crippen LogP contribution in [-0.2, 0) is 17.6 Å². The fourth-order valence-corrected chi connectivity index (χ4v) is 2.05. The van der Waals surface area contributed by atoms with Crippen molar-refractivity contribution < 1.29 is 14.3 Å². The van der Waals surface area contributed by atoms with Crippen molar-refractivity contribution in [2.24, 2.45) is 0 Å². The quantitative estimate of drug-likeness (QED) is 0.598. The molecule has 0 atom stereocenters. The highest BCUT2D eigenvalue weighted by atomic mass is 16.6. The zero-order valence-corrected chi connectivity index (χ0v) is 12.5. The molecule has 2 rings (SSSR count). The number of aryl methyl sites for hydroxylation is 1. The van der Waals surface area contributed by atoms with Gasteiger partial charge in [0, 0.05) is 0 Å². The third kappa shape index (κ3) is 4.35. The predicted molar refractivity (Wildman–Crippen MR) is 82.8 cm³/mol. The highest BCUT2D eigenvalue weighted by Crippen LogP contribution is 2.29. The van der Waals surface area contributed by atoms with Crippen LogP contribution in [0.15, 0.2) is 48.5 Å². The molecule has 3 heteroatoms. The minimum absolute atomic E-state index is 0.252. The molecule has 0 saturated carbocycles. The lowest BCUT2D eigenvalue weighted by Gasteiger charge is -2.12. The summed E-state index contributed by atoms with van der Waals surface area (Å²) < 4.78 is 11.0. The summed E-state index contributed by atoms with van der Waals surface area (Å²) in [6, 6.07) is 15.2. The van der Waals surface area contributed by atoms with Crippen molar-refractivity contribution in [3.05, 3.63) is 59.7 Å². The van der Waals surface area contributed by atoms with Crippen molar-refractivity contribution in [3.63, 3.8) is 0 Å². The van der Waals surface area contributed by atoms with Crippen molar-refractivity contribution in [3.8, 4) is 11.5 Å². The summed E-state index contributed by atoms with van der Waals surface area (Å²) in [4.78, 5) is 12.0. The lowest BCUT2D eigenvalue weighted by Crippen LogP contribution is -2.12. The highest BCUT2D eigenvalue weighted by molar-refractivity contribution is 5.76. The van der Waals surface area contributed by atoms with Crippen LogP contribution in [0.25, 0.3) is 0 Å². The molecule has 2 aromatic carbocycles. The maximum Gasteiger partial charge on any atom is 0.315 e. The maximum atomic E-state index is 12.0. The van der Waals surface area contributed by atoms with E-state index in [2.05, 4.69) is 6.92 Å². The van der Waals surface area contributed by atoms with E-state index in [1.54, 1.807) is 6.07 Å². The van der Waals surface area contributed by atoms with Gasteiger partial charge in [0.05, 0.1) is 13.0 Å². The van der Waals surface area contributed by atoms with Crippen LogP contribution in [0.1, 0.15) is 25.0 Å². The summed E-state index contributed by atoms with van der Waals surface area (Å²) in [6.07, 6.45) is 1.17. The highest BCUT2D eigenvalue weighted by Gasteiger charge is 2.11. The Labute approximate surface area is 125 Å². The Hall–Kier alpha value is -2.29. The topological polar surface area (TPSA) is 35.5 Å². The van der Waals surface area contributed by atoms with Crippen LogP contribution in [0.5, 0.6) is 11.5 Å². The summed E-state index contributed by atoms with van der Waals surface area (Å²) in [6.45, 7) is 4.52. The number of carbonyl (C=O) groups excluding carboxylic acids is 1. The van der Waals surface area contributed by atoms with E-state index in [1.165, 1.54) is 0 Å². The molecule has 0 N–H and O–H groups in total. The molecule has 0 saturated heterocycles. The van der Waals surface area contributed by atoms with Crippen molar-refractivity contribution in [2.75, 3.05) is 6.61 Å². The minimum atomic E-state index is -0.286. The molecule has 2 aromatic rings. The first-order valence-electron chi connectivity index (χ1n) is 7.23. The maximum absolute atomic E-state index is 12.0. The Morgan fingerprint density at radius 3 is 2.38 bits per heavy atom. The first-order chi connectivity index (χ1) is 10.2. The molecule has 0 unspecified atom stereocenters. The summed E-state index contributed by atoms with van der Waals surface area (Å²) in [5.41, 5.74) is 2.09. The van der Waals surface area contributed by atoms with E-state index in [1.807, 2.05) is 49.4 Å². The zero-order valence-electron chi connectivity index (χ0n) is 12.5. The Morgan fingerprint density at radius 1 is 0.952 bits per heavy atom. The number of esters is 1. The van der Waals surface area contributed by atoms with Crippen LogP contribution in [-0.4, -0.2) is 12.6 Å². The second-order valence-electron chi connectivity index (χ2n) is 4.70. The van der Waals surface area contributed by atoms with Crippen molar-refractivity contribution in [1.29, 1.82) is 0 Å². The average molecular weight is 284 g/mol. The van der Waals surface area contributed by atoms with Crippen LogP contribution in [0.2, 0.25) is 0 Å². The number of rotatable bonds is 6. The van der Waals surface area contributed by atoms with Gasteiger partial charge < -0.3 is 9.47 Å². The van der Waals surface area contributed by atoms with Gasteiger partial charge in [-0.3, -0.25) is 4.79 Å². The Balaban J connectivity index is 2.09. The molecule has 0 spiro atoms. The van der Waals surface area contributed by atoms with Crippen LogP contribution in [0.4, 0.5) is 0 Å². The van der Waals surface area contributed by atoms with Crippen LogP contribution in [0, 0.1) is 0 Å². The normalized spacial score (nSPS) is 10.2. The van der Waals surface area contributed by atoms with E-state index in [-0.39, 0.29) is 12.4 Å². The van der Waals surface area contributed by atoms with Gasteiger partial charge in [-0.15, -0.1) is 0 Å². The number of carbonyl (C=O) groups is 1. The van der Waals surface area contributed by atoms with Gasteiger partial charge in [0.1, 0.15) is 0 Å². The second-order valence-corrected chi connectivity index (χ2v) is 4.70. The molecule has 0 aliphatic rings. The Bertz CT molecular complexity index is 591. The number of hydrogen-bond donors (Lipinski definition) is 0. The first kappa shape index (κ1) is 15.1. The molecule has 3 nitrogen and oxygen atoms in total. The molecule has 0 heterocycles. The van der Waals surface area contributed by atoms with E-state index < -0.39 is 0 Å². The molecule has 0 bridgehead atoms. The third-order valence-corrected chi connectivity index (χ3v) is 3.13. The molecule has 21 heavy (non-hydrogen) atoms. The van der Waals surface area contributed by atoms with Crippen molar-refractivity contribution in [2.45, 2.75) is 26.7 Å².